The number of carbonyl (C=O) groups excluding carboxylic acids is 1. The van der Waals surface area contributed by atoms with Gasteiger partial charge in [-0.2, -0.15) is 0 Å². The number of rotatable bonds is 6. The summed E-state index contributed by atoms with van der Waals surface area (Å²) in [6.45, 7) is 2.55. The van der Waals surface area contributed by atoms with Gasteiger partial charge in [0.25, 0.3) is 0 Å². The van der Waals surface area contributed by atoms with Gasteiger partial charge < -0.3 is 15.4 Å². The maximum Gasteiger partial charge on any atom is 0.222 e. The summed E-state index contributed by atoms with van der Waals surface area (Å²) >= 11 is 0. The summed E-state index contributed by atoms with van der Waals surface area (Å²) in [6.07, 6.45) is 2.02. The van der Waals surface area contributed by atoms with Gasteiger partial charge in [0, 0.05) is 19.5 Å². The molecule has 1 saturated heterocycles. The summed E-state index contributed by atoms with van der Waals surface area (Å²) in [7, 11) is 0. The van der Waals surface area contributed by atoms with Crippen LogP contribution in [0.15, 0.2) is 24.3 Å². The first-order valence-corrected chi connectivity index (χ1v) is 7.06. The Hall–Kier alpha value is -1.62. The molecule has 1 aliphatic heterocycles. The summed E-state index contributed by atoms with van der Waals surface area (Å²) in [6, 6.07) is 6.29. The van der Waals surface area contributed by atoms with E-state index in [2.05, 4.69) is 0 Å². The van der Waals surface area contributed by atoms with Crippen molar-refractivity contribution in [3.8, 4) is 5.75 Å². The van der Waals surface area contributed by atoms with E-state index in [4.69, 9.17) is 10.5 Å². The van der Waals surface area contributed by atoms with Crippen LogP contribution in [0.3, 0.4) is 0 Å². The van der Waals surface area contributed by atoms with E-state index in [1.54, 1.807) is 18.2 Å². The lowest BCUT2D eigenvalue weighted by Gasteiger charge is -2.16. The summed E-state index contributed by atoms with van der Waals surface area (Å²) in [5, 5.41) is 0. The largest absolute Gasteiger partial charge is 0.491 e. The molecule has 2 N–H and O–H groups in total. The van der Waals surface area contributed by atoms with Crippen LogP contribution in [0, 0.1) is 11.7 Å². The first-order valence-electron chi connectivity index (χ1n) is 7.06. The Labute approximate surface area is 118 Å². The molecule has 1 aromatic carbocycles. The number of nitrogens with two attached hydrogens (primary N) is 1. The zero-order valence-corrected chi connectivity index (χ0v) is 11.6. The number of nitrogens with zero attached hydrogens (tertiary/aromatic N) is 1. The highest BCUT2D eigenvalue weighted by Gasteiger charge is 2.24. The van der Waals surface area contributed by atoms with E-state index in [9.17, 15) is 9.18 Å². The van der Waals surface area contributed by atoms with Crippen molar-refractivity contribution in [3.63, 3.8) is 0 Å². The maximum atomic E-state index is 13.3. The van der Waals surface area contributed by atoms with Crippen molar-refractivity contribution in [2.24, 2.45) is 11.7 Å². The fraction of sp³-hybridized carbons (Fsp3) is 0.533. The first kappa shape index (κ1) is 14.8. The molecule has 1 heterocycles. The van der Waals surface area contributed by atoms with E-state index in [1.807, 2.05) is 4.90 Å². The minimum atomic E-state index is -0.371. The Morgan fingerprint density at radius 3 is 2.95 bits per heavy atom. The van der Waals surface area contributed by atoms with E-state index in [1.165, 1.54) is 6.07 Å². The van der Waals surface area contributed by atoms with Crippen molar-refractivity contribution in [1.29, 1.82) is 0 Å². The first-order chi connectivity index (χ1) is 9.70. The fourth-order valence-corrected chi connectivity index (χ4v) is 2.38. The second-order valence-corrected chi connectivity index (χ2v) is 5.11. The Morgan fingerprint density at radius 1 is 1.45 bits per heavy atom. The van der Waals surface area contributed by atoms with Crippen molar-refractivity contribution in [3.05, 3.63) is 30.1 Å². The van der Waals surface area contributed by atoms with Gasteiger partial charge in [-0.25, -0.2) is 4.39 Å². The van der Waals surface area contributed by atoms with Crippen LogP contribution in [0.4, 0.5) is 4.39 Å². The summed E-state index contributed by atoms with van der Waals surface area (Å²) in [4.78, 5) is 13.8. The molecule has 0 spiro atoms. The monoisotopic (exact) mass is 280 g/mol. The van der Waals surface area contributed by atoms with Gasteiger partial charge in [-0.05, 0) is 37.4 Å². The van der Waals surface area contributed by atoms with Crippen LogP contribution in [0.5, 0.6) is 5.75 Å². The Kier molecular flexibility index (Phi) is 5.35. The summed E-state index contributed by atoms with van der Waals surface area (Å²) in [5.74, 6) is 0.445. The molecule has 1 aliphatic rings. The van der Waals surface area contributed by atoms with Crippen molar-refractivity contribution >= 4 is 5.91 Å². The molecule has 110 valence electrons. The zero-order chi connectivity index (χ0) is 14.4. The predicted molar refractivity (Wildman–Crippen MR) is 74.9 cm³/mol. The fourth-order valence-electron chi connectivity index (χ4n) is 2.38. The van der Waals surface area contributed by atoms with E-state index in [0.29, 0.717) is 31.9 Å². The van der Waals surface area contributed by atoms with Crippen molar-refractivity contribution in [2.45, 2.75) is 19.3 Å². The minimum Gasteiger partial charge on any atom is -0.491 e. The van der Waals surface area contributed by atoms with Crippen LogP contribution in [0.25, 0.3) is 0 Å². The minimum absolute atomic E-state index is 0.137. The van der Waals surface area contributed by atoms with Crippen LogP contribution in [-0.2, 0) is 4.79 Å². The highest BCUT2D eigenvalue weighted by molar-refractivity contribution is 5.76. The number of hydrogen-bond donors (Lipinski definition) is 1. The van der Waals surface area contributed by atoms with Gasteiger partial charge in [0.15, 0.2) is 11.6 Å². The average Bonchev–Trinajstić information content (AvgIpc) is 2.94. The molecule has 1 amide bonds. The SMILES string of the molecule is NC[C@@H]1CCN(C(=O)CCCOc2ccccc2F)C1. The predicted octanol–water partition coefficient (Wildman–Crippen LogP) is 1.79. The molecule has 1 aromatic rings. The highest BCUT2D eigenvalue weighted by Crippen LogP contribution is 2.17. The van der Waals surface area contributed by atoms with Gasteiger partial charge in [-0.1, -0.05) is 12.1 Å². The number of amides is 1. The summed E-state index contributed by atoms with van der Waals surface area (Å²) in [5.41, 5.74) is 5.60. The molecule has 0 saturated carbocycles. The van der Waals surface area contributed by atoms with Crippen LogP contribution in [0.2, 0.25) is 0 Å². The number of halogens is 1. The highest BCUT2D eigenvalue weighted by atomic mass is 19.1. The third-order valence-corrected chi connectivity index (χ3v) is 3.60. The molecular formula is C15H21FN2O2. The molecular weight excluding hydrogens is 259 g/mol. The normalized spacial score (nSPS) is 18.3. The number of hydrogen-bond acceptors (Lipinski definition) is 3. The lowest BCUT2D eigenvalue weighted by Crippen LogP contribution is -2.29. The Morgan fingerprint density at radius 2 is 2.25 bits per heavy atom. The number of likely N-dealkylation sites (tertiary alicyclic amines) is 1. The molecule has 5 heteroatoms. The molecule has 1 fully saturated rings. The molecule has 2 rings (SSSR count). The molecule has 4 nitrogen and oxygen atoms in total. The number of carbonyl (C=O) groups is 1. The molecule has 0 bridgehead atoms. The standard InChI is InChI=1S/C15H21FN2O2/c16-13-4-1-2-5-14(13)20-9-3-6-15(19)18-8-7-12(10-17)11-18/h1-2,4-5,12H,3,6-11,17H2/t12-/m0/s1. The van der Waals surface area contributed by atoms with Gasteiger partial charge in [0.1, 0.15) is 0 Å². The molecule has 0 radical (unpaired) electrons. The molecule has 20 heavy (non-hydrogen) atoms. The van der Waals surface area contributed by atoms with Gasteiger partial charge >= 0.3 is 0 Å². The zero-order valence-electron chi connectivity index (χ0n) is 11.6. The summed E-state index contributed by atoms with van der Waals surface area (Å²) < 4.78 is 18.6. The molecule has 0 unspecified atom stereocenters. The van der Waals surface area contributed by atoms with Gasteiger partial charge in [-0.3, -0.25) is 4.79 Å². The lowest BCUT2D eigenvalue weighted by molar-refractivity contribution is -0.130. The van der Waals surface area contributed by atoms with Crippen molar-refractivity contribution < 1.29 is 13.9 Å². The smallest absolute Gasteiger partial charge is 0.222 e. The van der Waals surface area contributed by atoms with E-state index in [-0.39, 0.29) is 17.5 Å². The Bertz CT molecular complexity index is 453. The molecule has 0 aromatic heterocycles. The van der Waals surface area contributed by atoms with Crippen molar-refractivity contribution in [1.82, 2.24) is 4.90 Å². The number of benzene rings is 1. The van der Waals surface area contributed by atoms with Crippen LogP contribution < -0.4 is 10.5 Å². The maximum absolute atomic E-state index is 13.3. The van der Waals surface area contributed by atoms with Crippen LogP contribution >= 0.6 is 0 Å². The second-order valence-electron chi connectivity index (χ2n) is 5.11. The van der Waals surface area contributed by atoms with Crippen molar-refractivity contribution in [2.75, 3.05) is 26.2 Å². The van der Waals surface area contributed by atoms with Gasteiger partial charge in [0.05, 0.1) is 6.61 Å². The third kappa shape index (κ3) is 3.93. The lowest BCUT2D eigenvalue weighted by atomic mass is 10.1. The quantitative estimate of drug-likeness (QED) is 0.808. The van der Waals surface area contributed by atoms with E-state index >= 15 is 0 Å². The van der Waals surface area contributed by atoms with Crippen LogP contribution in [-0.4, -0.2) is 37.0 Å². The second kappa shape index (κ2) is 7.24. The van der Waals surface area contributed by atoms with E-state index in [0.717, 1.165) is 19.5 Å². The van der Waals surface area contributed by atoms with Gasteiger partial charge in [0.2, 0.25) is 5.91 Å². The number of para-hydroxylation sites is 1. The van der Waals surface area contributed by atoms with Crippen LogP contribution in [0.1, 0.15) is 19.3 Å². The Balaban J connectivity index is 1.66. The molecule has 0 aliphatic carbocycles. The van der Waals surface area contributed by atoms with E-state index < -0.39 is 0 Å². The topological polar surface area (TPSA) is 55.6 Å². The number of ether oxygens (including phenoxy) is 1. The average molecular weight is 280 g/mol. The molecule has 1 atom stereocenters. The van der Waals surface area contributed by atoms with Gasteiger partial charge in [-0.15, -0.1) is 0 Å². The third-order valence-electron chi connectivity index (χ3n) is 3.60.